The summed E-state index contributed by atoms with van der Waals surface area (Å²) in [5.74, 6) is 0. The molecule has 1 unspecified atom stereocenters. The Morgan fingerprint density at radius 2 is 2.05 bits per heavy atom. The summed E-state index contributed by atoms with van der Waals surface area (Å²) in [7, 11) is 0. The van der Waals surface area contributed by atoms with E-state index >= 15 is 0 Å². The molecule has 1 aliphatic rings. The highest BCUT2D eigenvalue weighted by atomic mass is 16.3. The Morgan fingerprint density at radius 3 is 2.85 bits per heavy atom. The molecular weight excluding hydrogens is 248 g/mol. The van der Waals surface area contributed by atoms with Gasteiger partial charge in [-0.05, 0) is 55.9 Å². The Morgan fingerprint density at radius 1 is 1.25 bits per heavy atom. The summed E-state index contributed by atoms with van der Waals surface area (Å²) in [6.07, 6.45) is 3.85. The van der Waals surface area contributed by atoms with Crippen LogP contribution in [0.5, 0.6) is 0 Å². The zero-order chi connectivity index (χ0) is 14.1. The SMILES string of the molecule is CCn1nc(C)cc1C(O)Cc1ccc2c(c1)CCC2. The Labute approximate surface area is 120 Å². The standard InChI is InChI=1S/C17H22N2O/c1-3-19-16(9-12(2)18-19)17(20)11-13-7-8-14-5-4-6-15(14)10-13/h7-10,17,20H,3-6,11H2,1-2H3. The molecule has 0 spiro atoms. The van der Waals surface area contributed by atoms with Gasteiger partial charge in [0, 0.05) is 13.0 Å². The molecule has 3 nitrogen and oxygen atoms in total. The van der Waals surface area contributed by atoms with Gasteiger partial charge in [0.05, 0.1) is 17.5 Å². The fourth-order valence-electron chi connectivity index (χ4n) is 3.17. The molecule has 0 radical (unpaired) electrons. The van der Waals surface area contributed by atoms with Crippen LogP contribution in [-0.4, -0.2) is 14.9 Å². The van der Waals surface area contributed by atoms with E-state index in [0.29, 0.717) is 6.42 Å². The van der Waals surface area contributed by atoms with Crippen LogP contribution in [0.1, 0.15) is 47.5 Å². The zero-order valence-electron chi connectivity index (χ0n) is 12.3. The number of aryl methyl sites for hydroxylation is 4. The van der Waals surface area contributed by atoms with Crippen molar-refractivity contribution in [3.63, 3.8) is 0 Å². The third-order valence-corrected chi connectivity index (χ3v) is 4.17. The summed E-state index contributed by atoms with van der Waals surface area (Å²) in [5, 5.41) is 14.9. The lowest BCUT2D eigenvalue weighted by Crippen LogP contribution is -2.10. The lowest BCUT2D eigenvalue weighted by molar-refractivity contribution is 0.167. The van der Waals surface area contributed by atoms with Crippen LogP contribution in [0.15, 0.2) is 24.3 Å². The van der Waals surface area contributed by atoms with E-state index in [2.05, 4.69) is 30.2 Å². The number of rotatable bonds is 4. The van der Waals surface area contributed by atoms with E-state index in [4.69, 9.17) is 0 Å². The number of aromatic nitrogens is 2. The molecule has 1 aliphatic carbocycles. The molecule has 0 fully saturated rings. The summed E-state index contributed by atoms with van der Waals surface area (Å²) in [5.41, 5.74) is 6.06. The second-order valence-corrected chi connectivity index (χ2v) is 5.70. The Kier molecular flexibility index (Phi) is 3.62. The van der Waals surface area contributed by atoms with E-state index in [1.165, 1.54) is 36.0 Å². The van der Waals surface area contributed by atoms with E-state index in [1.807, 2.05) is 17.7 Å². The molecule has 3 heteroatoms. The number of hydrogen-bond acceptors (Lipinski definition) is 2. The molecule has 0 saturated carbocycles. The summed E-state index contributed by atoms with van der Waals surface area (Å²) in [4.78, 5) is 0. The van der Waals surface area contributed by atoms with Crippen molar-refractivity contribution in [1.29, 1.82) is 0 Å². The molecule has 0 aliphatic heterocycles. The molecule has 1 aromatic carbocycles. The molecule has 3 rings (SSSR count). The van der Waals surface area contributed by atoms with Gasteiger partial charge in [0.2, 0.25) is 0 Å². The van der Waals surface area contributed by atoms with Gasteiger partial charge < -0.3 is 5.11 Å². The van der Waals surface area contributed by atoms with E-state index < -0.39 is 6.10 Å². The first-order chi connectivity index (χ1) is 9.67. The van der Waals surface area contributed by atoms with E-state index in [-0.39, 0.29) is 0 Å². The minimum absolute atomic E-state index is 0.476. The first-order valence-corrected chi connectivity index (χ1v) is 7.50. The van der Waals surface area contributed by atoms with E-state index in [9.17, 15) is 5.11 Å². The van der Waals surface area contributed by atoms with Gasteiger partial charge in [-0.3, -0.25) is 4.68 Å². The molecule has 0 saturated heterocycles. The van der Waals surface area contributed by atoms with Crippen molar-refractivity contribution >= 4 is 0 Å². The van der Waals surface area contributed by atoms with Gasteiger partial charge >= 0.3 is 0 Å². The smallest absolute Gasteiger partial charge is 0.0996 e. The highest BCUT2D eigenvalue weighted by Crippen LogP contribution is 2.25. The average Bonchev–Trinajstić information content (AvgIpc) is 3.03. The fourth-order valence-corrected chi connectivity index (χ4v) is 3.17. The summed E-state index contributed by atoms with van der Waals surface area (Å²) in [6, 6.07) is 8.65. The Hall–Kier alpha value is -1.61. The van der Waals surface area contributed by atoms with Gasteiger partial charge in [0.15, 0.2) is 0 Å². The lowest BCUT2D eigenvalue weighted by Gasteiger charge is -2.13. The number of fused-ring (bicyclic) bond motifs is 1. The van der Waals surface area contributed by atoms with E-state index in [1.54, 1.807) is 0 Å². The molecule has 0 bridgehead atoms. The number of hydrogen-bond donors (Lipinski definition) is 1. The third kappa shape index (κ3) is 2.50. The summed E-state index contributed by atoms with van der Waals surface area (Å²) >= 11 is 0. The second kappa shape index (κ2) is 5.41. The minimum Gasteiger partial charge on any atom is -0.386 e. The second-order valence-electron chi connectivity index (χ2n) is 5.70. The van der Waals surface area contributed by atoms with Crippen molar-refractivity contribution in [2.24, 2.45) is 0 Å². The highest BCUT2D eigenvalue weighted by Gasteiger charge is 2.16. The van der Waals surface area contributed by atoms with Gasteiger partial charge in [-0.15, -0.1) is 0 Å². The highest BCUT2D eigenvalue weighted by molar-refractivity contribution is 5.35. The van der Waals surface area contributed by atoms with E-state index in [0.717, 1.165) is 17.9 Å². The molecule has 2 aromatic rings. The van der Waals surface area contributed by atoms with Gasteiger partial charge in [0.1, 0.15) is 0 Å². The maximum absolute atomic E-state index is 10.5. The first-order valence-electron chi connectivity index (χ1n) is 7.50. The first kappa shape index (κ1) is 13.4. The molecule has 1 atom stereocenters. The number of nitrogens with zero attached hydrogens (tertiary/aromatic N) is 2. The van der Waals surface area contributed by atoms with Crippen molar-refractivity contribution in [3.05, 3.63) is 52.3 Å². The summed E-state index contributed by atoms with van der Waals surface area (Å²) < 4.78 is 1.90. The van der Waals surface area contributed by atoms with Crippen LogP contribution in [0.2, 0.25) is 0 Å². The maximum Gasteiger partial charge on any atom is 0.0996 e. The van der Waals surface area contributed by atoms with Crippen LogP contribution in [-0.2, 0) is 25.8 Å². The topological polar surface area (TPSA) is 38.0 Å². The van der Waals surface area contributed by atoms with Crippen molar-refractivity contribution in [2.75, 3.05) is 0 Å². The predicted octanol–water partition coefficient (Wildman–Crippen LogP) is 2.98. The molecule has 106 valence electrons. The largest absolute Gasteiger partial charge is 0.386 e. The predicted molar refractivity (Wildman–Crippen MR) is 79.8 cm³/mol. The van der Waals surface area contributed by atoms with Crippen LogP contribution in [0.3, 0.4) is 0 Å². The van der Waals surface area contributed by atoms with Crippen LogP contribution in [0.4, 0.5) is 0 Å². The summed E-state index contributed by atoms with van der Waals surface area (Å²) in [6.45, 7) is 4.82. The van der Waals surface area contributed by atoms with Crippen LogP contribution < -0.4 is 0 Å². The number of benzene rings is 1. The lowest BCUT2D eigenvalue weighted by atomic mass is 10.0. The Bertz CT molecular complexity index is 615. The average molecular weight is 270 g/mol. The quantitative estimate of drug-likeness (QED) is 0.927. The Balaban J connectivity index is 1.80. The maximum atomic E-state index is 10.5. The van der Waals surface area contributed by atoms with Crippen molar-refractivity contribution in [1.82, 2.24) is 9.78 Å². The molecular formula is C17H22N2O. The molecule has 1 aromatic heterocycles. The van der Waals surface area contributed by atoms with Crippen LogP contribution in [0.25, 0.3) is 0 Å². The number of aliphatic hydroxyl groups excluding tert-OH is 1. The minimum atomic E-state index is -0.476. The zero-order valence-corrected chi connectivity index (χ0v) is 12.3. The van der Waals surface area contributed by atoms with Gasteiger partial charge in [-0.1, -0.05) is 18.2 Å². The van der Waals surface area contributed by atoms with Gasteiger partial charge in [0.25, 0.3) is 0 Å². The molecule has 20 heavy (non-hydrogen) atoms. The van der Waals surface area contributed by atoms with Crippen molar-refractivity contribution in [3.8, 4) is 0 Å². The van der Waals surface area contributed by atoms with Gasteiger partial charge in [-0.25, -0.2) is 0 Å². The normalized spacial score (nSPS) is 15.3. The van der Waals surface area contributed by atoms with Crippen LogP contribution >= 0.6 is 0 Å². The molecule has 1 N–H and O–H groups in total. The van der Waals surface area contributed by atoms with Crippen LogP contribution in [0, 0.1) is 6.92 Å². The monoisotopic (exact) mass is 270 g/mol. The van der Waals surface area contributed by atoms with Crippen molar-refractivity contribution in [2.45, 2.75) is 52.2 Å². The van der Waals surface area contributed by atoms with Gasteiger partial charge in [-0.2, -0.15) is 5.10 Å². The van der Waals surface area contributed by atoms with Crippen molar-refractivity contribution < 1.29 is 5.11 Å². The molecule has 1 heterocycles. The number of aliphatic hydroxyl groups is 1. The fraction of sp³-hybridized carbons (Fsp3) is 0.471. The third-order valence-electron chi connectivity index (χ3n) is 4.17. The molecule has 0 amide bonds.